The van der Waals surface area contributed by atoms with Crippen LogP contribution in [0.2, 0.25) is 0 Å². The van der Waals surface area contributed by atoms with Gasteiger partial charge in [-0.15, -0.1) is 0 Å². The van der Waals surface area contributed by atoms with E-state index in [0.717, 1.165) is 37.9 Å². The van der Waals surface area contributed by atoms with Gasteiger partial charge in [0.1, 0.15) is 11.9 Å². The highest BCUT2D eigenvalue weighted by molar-refractivity contribution is 5.85. The Morgan fingerprint density at radius 1 is 1.43 bits per heavy atom. The molecule has 1 heterocycles. The van der Waals surface area contributed by atoms with Crippen molar-refractivity contribution < 1.29 is 9.18 Å². The molecule has 2 N–H and O–H groups in total. The Labute approximate surface area is 125 Å². The van der Waals surface area contributed by atoms with Crippen molar-refractivity contribution in [2.75, 3.05) is 25.0 Å². The number of piperidine rings is 1. The van der Waals surface area contributed by atoms with E-state index in [0.29, 0.717) is 12.2 Å². The lowest BCUT2D eigenvalue weighted by Gasteiger charge is -2.36. The third-order valence-electron chi connectivity index (χ3n) is 3.95. The Hall–Kier alpha value is -1.62. The maximum atomic E-state index is 14.4. The van der Waals surface area contributed by atoms with Crippen LogP contribution in [0.3, 0.4) is 0 Å². The lowest BCUT2D eigenvalue weighted by atomic mass is 10.00. The molecule has 1 saturated heterocycles. The Balaban J connectivity index is 2.20. The predicted octanol–water partition coefficient (Wildman–Crippen LogP) is 2.04. The molecule has 1 aliphatic heterocycles. The van der Waals surface area contributed by atoms with Crippen LogP contribution in [0.15, 0.2) is 18.2 Å². The summed E-state index contributed by atoms with van der Waals surface area (Å²) in [6, 6.07) is 5.02. The molecule has 0 spiro atoms. The number of amides is 1. The fraction of sp³-hybridized carbons (Fsp3) is 0.562. The number of likely N-dealkylation sites (N-methyl/N-ethyl adjacent to an activating group) is 1. The van der Waals surface area contributed by atoms with Crippen LogP contribution in [0.1, 0.15) is 31.7 Å². The van der Waals surface area contributed by atoms with Crippen LogP contribution < -0.4 is 15.5 Å². The first-order chi connectivity index (χ1) is 10.2. The highest BCUT2D eigenvalue weighted by Gasteiger charge is 2.29. The number of anilines is 1. The molecule has 21 heavy (non-hydrogen) atoms. The minimum atomic E-state index is -0.266. The van der Waals surface area contributed by atoms with Crippen molar-refractivity contribution in [2.45, 2.75) is 38.8 Å². The summed E-state index contributed by atoms with van der Waals surface area (Å²) < 4.78 is 14.4. The molecule has 0 radical (unpaired) electrons. The Morgan fingerprint density at radius 3 is 2.90 bits per heavy atom. The number of nitrogens with zero attached hydrogens (tertiary/aromatic N) is 1. The third-order valence-corrected chi connectivity index (χ3v) is 3.95. The minimum Gasteiger partial charge on any atom is -0.357 e. The van der Waals surface area contributed by atoms with Crippen LogP contribution in [0, 0.1) is 5.82 Å². The van der Waals surface area contributed by atoms with E-state index in [1.807, 2.05) is 17.9 Å². The smallest absolute Gasteiger partial charge is 0.242 e. The number of carbonyl (C=O) groups excluding carboxylic acids is 1. The molecule has 0 saturated carbocycles. The highest BCUT2D eigenvalue weighted by atomic mass is 19.1. The van der Waals surface area contributed by atoms with E-state index in [-0.39, 0.29) is 17.8 Å². The minimum absolute atomic E-state index is 0.0363. The molecule has 0 aromatic heterocycles. The molecule has 1 unspecified atom stereocenters. The van der Waals surface area contributed by atoms with Crippen LogP contribution in [-0.4, -0.2) is 32.1 Å². The molecule has 5 heteroatoms. The average molecular weight is 293 g/mol. The highest BCUT2D eigenvalue weighted by Crippen LogP contribution is 2.28. The molecule has 1 aromatic carbocycles. The number of hydrogen-bond acceptors (Lipinski definition) is 3. The second-order valence-electron chi connectivity index (χ2n) is 5.39. The van der Waals surface area contributed by atoms with Gasteiger partial charge in [-0.05, 0) is 43.5 Å². The molecule has 1 aliphatic rings. The lowest BCUT2D eigenvalue weighted by molar-refractivity contribution is -0.122. The number of nitrogens with one attached hydrogen (secondary N) is 2. The average Bonchev–Trinajstić information content (AvgIpc) is 2.52. The Morgan fingerprint density at radius 2 is 2.24 bits per heavy atom. The summed E-state index contributed by atoms with van der Waals surface area (Å²) in [4.78, 5) is 13.9. The summed E-state index contributed by atoms with van der Waals surface area (Å²) in [5, 5.41) is 5.86. The molecule has 4 nitrogen and oxygen atoms in total. The molecule has 0 aliphatic carbocycles. The van der Waals surface area contributed by atoms with Crippen LogP contribution >= 0.6 is 0 Å². The van der Waals surface area contributed by atoms with Gasteiger partial charge in [0.05, 0.1) is 5.69 Å². The SMILES string of the molecule is CCNCc1ccc(N2CCCCC2C(=O)NC)c(F)c1. The number of benzene rings is 1. The van der Waals surface area contributed by atoms with Gasteiger partial charge in [0.25, 0.3) is 0 Å². The van der Waals surface area contributed by atoms with Gasteiger partial charge >= 0.3 is 0 Å². The zero-order valence-electron chi connectivity index (χ0n) is 12.8. The van der Waals surface area contributed by atoms with Gasteiger partial charge in [-0.3, -0.25) is 4.79 Å². The lowest BCUT2D eigenvalue weighted by Crippen LogP contribution is -2.49. The maximum absolute atomic E-state index is 14.4. The van der Waals surface area contributed by atoms with Gasteiger partial charge in [0.15, 0.2) is 0 Å². The molecule has 1 fully saturated rings. The van der Waals surface area contributed by atoms with Gasteiger partial charge in [-0.25, -0.2) is 4.39 Å². The van der Waals surface area contributed by atoms with Crippen molar-refractivity contribution in [3.05, 3.63) is 29.6 Å². The van der Waals surface area contributed by atoms with E-state index in [2.05, 4.69) is 10.6 Å². The first kappa shape index (κ1) is 15.8. The van der Waals surface area contributed by atoms with E-state index < -0.39 is 0 Å². The monoisotopic (exact) mass is 293 g/mol. The third kappa shape index (κ3) is 3.73. The van der Waals surface area contributed by atoms with E-state index in [9.17, 15) is 9.18 Å². The van der Waals surface area contributed by atoms with Crippen molar-refractivity contribution in [3.8, 4) is 0 Å². The topological polar surface area (TPSA) is 44.4 Å². The Bertz CT molecular complexity index is 492. The van der Waals surface area contributed by atoms with Crippen molar-refractivity contribution in [3.63, 3.8) is 0 Å². The van der Waals surface area contributed by atoms with Gasteiger partial charge < -0.3 is 15.5 Å². The van der Waals surface area contributed by atoms with E-state index in [1.54, 1.807) is 19.2 Å². The molecular formula is C16H24FN3O. The number of carbonyl (C=O) groups is 1. The summed E-state index contributed by atoms with van der Waals surface area (Å²) >= 11 is 0. The summed E-state index contributed by atoms with van der Waals surface area (Å²) in [5.74, 6) is -0.285. The van der Waals surface area contributed by atoms with Crippen molar-refractivity contribution in [1.29, 1.82) is 0 Å². The number of hydrogen-bond donors (Lipinski definition) is 2. The van der Waals surface area contributed by atoms with Gasteiger partial charge in [0, 0.05) is 20.1 Å². The van der Waals surface area contributed by atoms with Crippen LogP contribution in [-0.2, 0) is 11.3 Å². The normalized spacial score (nSPS) is 18.6. The summed E-state index contributed by atoms with van der Waals surface area (Å²) in [6.45, 7) is 4.26. The zero-order valence-corrected chi connectivity index (χ0v) is 12.8. The molecule has 116 valence electrons. The largest absolute Gasteiger partial charge is 0.357 e. The first-order valence-electron chi connectivity index (χ1n) is 7.64. The second kappa shape index (κ2) is 7.41. The standard InChI is InChI=1S/C16H24FN3O/c1-3-19-11-12-7-8-14(13(17)10-12)20-9-5-4-6-15(20)16(21)18-2/h7-8,10,15,19H,3-6,9,11H2,1-2H3,(H,18,21). The number of halogens is 1. The zero-order chi connectivity index (χ0) is 15.2. The van der Waals surface area contributed by atoms with Crippen LogP contribution in [0.4, 0.5) is 10.1 Å². The fourth-order valence-electron chi connectivity index (χ4n) is 2.82. The van der Waals surface area contributed by atoms with Gasteiger partial charge in [-0.1, -0.05) is 13.0 Å². The van der Waals surface area contributed by atoms with E-state index in [1.165, 1.54) is 0 Å². The second-order valence-corrected chi connectivity index (χ2v) is 5.39. The quantitative estimate of drug-likeness (QED) is 0.873. The van der Waals surface area contributed by atoms with E-state index >= 15 is 0 Å². The first-order valence-corrected chi connectivity index (χ1v) is 7.64. The molecule has 1 amide bonds. The molecular weight excluding hydrogens is 269 g/mol. The van der Waals surface area contributed by atoms with Crippen molar-refractivity contribution in [1.82, 2.24) is 10.6 Å². The van der Waals surface area contributed by atoms with Crippen LogP contribution in [0.25, 0.3) is 0 Å². The van der Waals surface area contributed by atoms with Crippen LogP contribution in [0.5, 0.6) is 0 Å². The fourth-order valence-corrected chi connectivity index (χ4v) is 2.82. The van der Waals surface area contributed by atoms with Crippen molar-refractivity contribution in [2.24, 2.45) is 0 Å². The summed E-state index contributed by atoms with van der Waals surface area (Å²) in [6.07, 6.45) is 2.78. The van der Waals surface area contributed by atoms with Crippen molar-refractivity contribution >= 4 is 11.6 Å². The number of rotatable bonds is 5. The van der Waals surface area contributed by atoms with Gasteiger partial charge in [0.2, 0.25) is 5.91 Å². The van der Waals surface area contributed by atoms with E-state index in [4.69, 9.17) is 0 Å². The molecule has 1 atom stereocenters. The maximum Gasteiger partial charge on any atom is 0.242 e. The predicted molar refractivity (Wildman–Crippen MR) is 82.8 cm³/mol. The molecule has 0 bridgehead atoms. The Kier molecular flexibility index (Phi) is 5.56. The molecule has 1 aromatic rings. The molecule has 2 rings (SSSR count). The van der Waals surface area contributed by atoms with Gasteiger partial charge in [-0.2, -0.15) is 0 Å². The summed E-state index contributed by atoms with van der Waals surface area (Å²) in [7, 11) is 1.63. The summed E-state index contributed by atoms with van der Waals surface area (Å²) in [5.41, 5.74) is 1.45.